The summed E-state index contributed by atoms with van der Waals surface area (Å²) >= 11 is 0. The smallest absolute Gasteiger partial charge is 0.349 e. The van der Waals surface area contributed by atoms with Gasteiger partial charge in [0.15, 0.2) is 0 Å². The Hall–Kier alpha value is -1.85. The molecular weight excluding hydrogens is 228 g/mol. The molecule has 0 aromatic heterocycles. The number of hydrogen-bond donors (Lipinski definition) is 1. The molecule has 2 unspecified atom stereocenters. The summed E-state index contributed by atoms with van der Waals surface area (Å²) in [5.74, 6) is -4.13. The van der Waals surface area contributed by atoms with Crippen LogP contribution in [0.15, 0.2) is 12.2 Å². The van der Waals surface area contributed by atoms with Crippen LogP contribution in [-0.4, -0.2) is 34.7 Å². The summed E-state index contributed by atoms with van der Waals surface area (Å²) < 4.78 is 9.69. The van der Waals surface area contributed by atoms with Crippen molar-refractivity contribution in [3.05, 3.63) is 12.2 Å². The summed E-state index contributed by atoms with van der Waals surface area (Å²) in [6.45, 7) is 7.67. The Kier molecular flexibility index (Phi) is 3.26. The van der Waals surface area contributed by atoms with Crippen LogP contribution in [0.25, 0.3) is 0 Å². The van der Waals surface area contributed by atoms with Gasteiger partial charge in [0.05, 0.1) is 0 Å². The van der Waals surface area contributed by atoms with Gasteiger partial charge in [0, 0.05) is 5.57 Å². The van der Waals surface area contributed by atoms with Crippen LogP contribution in [0.1, 0.15) is 20.8 Å². The Morgan fingerprint density at radius 3 is 2.41 bits per heavy atom. The Bertz CT molecular complexity index is 395. The number of esters is 2. The molecule has 1 saturated heterocycles. The molecule has 17 heavy (non-hydrogen) atoms. The summed E-state index contributed by atoms with van der Waals surface area (Å²) in [6, 6.07) is 0. The molecule has 94 valence electrons. The zero-order valence-corrected chi connectivity index (χ0v) is 9.85. The van der Waals surface area contributed by atoms with Crippen LogP contribution >= 0.6 is 0 Å². The van der Waals surface area contributed by atoms with Crippen molar-refractivity contribution in [3.8, 4) is 0 Å². The van der Waals surface area contributed by atoms with E-state index in [1.807, 2.05) is 0 Å². The fraction of sp³-hybridized carbons (Fsp3) is 0.545. The molecule has 1 aliphatic rings. The van der Waals surface area contributed by atoms with E-state index >= 15 is 0 Å². The van der Waals surface area contributed by atoms with Crippen LogP contribution < -0.4 is 0 Å². The standard InChI is InChI=1S/C11H14O6/c1-5(2)9(14)16-7-6(8(12)13)11(3,4)17-10(7)15/h6-7H,1H2,2-4H3,(H,12,13). The van der Waals surface area contributed by atoms with E-state index in [2.05, 4.69) is 6.58 Å². The Balaban J connectivity index is 2.97. The summed E-state index contributed by atoms with van der Waals surface area (Å²) in [4.78, 5) is 33.9. The average molecular weight is 242 g/mol. The molecule has 6 heteroatoms. The summed E-state index contributed by atoms with van der Waals surface area (Å²) in [6.07, 6.45) is -1.42. The lowest BCUT2D eigenvalue weighted by Gasteiger charge is -2.22. The lowest BCUT2D eigenvalue weighted by Crippen LogP contribution is -2.40. The molecule has 1 N–H and O–H groups in total. The van der Waals surface area contributed by atoms with Crippen molar-refractivity contribution in [2.75, 3.05) is 0 Å². The third kappa shape index (κ3) is 2.46. The first-order chi connectivity index (χ1) is 7.66. The maximum absolute atomic E-state index is 11.5. The van der Waals surface area contributed by atoms with Gasteiger partial charge in [0.1, 0.15) is 11.5 Å². The third-order valence-electron chi connectivity index (χ3n) is 2.50. The van der Waals surface area contributed by atoms with Gasteiger partial charge in [-0.3, -0.25) is 4.79 Å². The van der Waals surface area contributed by atoms with E-state index in [1.165, 1.54) is 20.8 Å². The molecule has 1 heterocycles. The van der Waals surface area contributed by atoms with Gasteiger partial charge in [-0.15, -0.1) is 0 Å². The van der Waals surface area contributed by atoms with Crippen molar-refractivity contribution in [1.82, 2.24) is 0 Å². The number of cyclic esters (lactones) is 1. The van der Waals surface area contributed by atoms with E-state index in [0.717, 1.165) is 0 Å². The van der Waals surface area contributed by atoms with E-state index in [-0.39, 0.29) is 5.57 Å². The van der Waals surface area contributed by atoms with Crippen molar-refractivity contribution >= 4 is 17.9 Å². The molecule has 0 bridgehead atoms. The van der Waals surface area contributed by atoms with Crippen LogP contribution in [0.5, 0.6) is 0 Å². The topological polar surface area (TPSA) is 89.9 Å². The van der Waals surface area contributed by atoms with Crippen LogP contribution in [0.2, 0.25) is 0 Å². The number of hydrogen-bond acceptors (Lipinski definition) is 5. The second kappa shape index (κ2) is 4.20. The molecule has 0 amide bonds. The van der Waals surface area contributed by atoms with Crippen LogP contribution in [0.4, 0.5) is 0 Å². The molecule has 1 aliphatic heterocycles. The van der Waals surface area contributed by atoms with Gasteiger partial charge in [-0.2, -0.15) is 0 Å². The van der Waals surface area contributed by atoms with E-state index in [1.54, 1.807) is 0 Å². The third-order valence-corrected chi connectivity index (χ3v) is 2.50. The van der Waals surface area contributed by atoms with Gasteiger partial charge < -0.3 is 14.6 Å². The number of carbonyl (C=O) groups excluding carboxylic acids is 2. The van der Waals surface area contributed by atoms with Crippen molar-refractivity contribution in [2.24, 2.45) is 5.92 Å². The van der Waals surface area contributed by atoms with Crippen molar-refractivity contribution < 1.29 is 29.0 Å². The highest BCUT2D eigenvalue weighted by Gasteiger charge is 2.56. The molecule has 1 rings (SSSR count). The summed E-state index contributed by atoms with van der Waals surface area (Å²) in [5.41, 5.74) is -1.12. The van der Waals surface area contributed by atoms with Crippen LogP contribution in [0, 0.1) is 5.92 Å². The Morgan fingerprint density at radius 2 is 2.00 bits per heavy atom. The number of carboxylic acids is 1. The number of rotatable bonds is 3. The number of ether oxygens (including phenoxy) is 2. The minimum absolute atomic E-state index is 0.0895. The highest BCUT2D eigenvalue weighted by Crippen LogP contribution is 2.35. The molecule has 6 nitrogen and oxygen atoms in total. The van der Waals surface area contributed by atoms with Gasteiger partial charge >= 0.3 is 17.9 Å². The minimum Gasteiger partial charge on any atom is -0.481 e. The van der Waals surface area contributed by atoms with Crippen LogP contribution in [0.3, 0.4) is 0 Å². The van der Waals surface area contributed by atoms with E-state index in [9.17, 15) is 14.4 Å². The summed E-state index contributed by atoms with van der Waals surface area (Å²) in [7, 11) is 0. The van der Waals surface area contributed by atoms with Crippen molar-refractivity contribution in [1.29, 1.82) is 0 Å². The van der Waals surface area contributed by atoms with Gasteiger partial charge in [0.25, 0.3) is 0 Å². The molecule has 0 saturated carbocycles. The second-order valence-electron chi connectivity index (χ2n) is 4.45. The minimum atomic E-state index is -1.42. The first kappa shape index (κ1) is 13.2. The molecule has 0 aromatic rings. The van der Waals surface area contributed by atoms with E-state index < -0.39 is 35.5 Å². The molecular formula is C11H14O6. The lowest BCUT2D eigenvalue weighted by molar-refractivity contribution is -0.161. The van der Waals surface area contributed by atoms with Gasteiger partial charge in [-0.05, 0) is 20.8 Å². The predicted octanol–water partition coefficient (Wildman–Crippen LogP) is 0.510. The molecule has 1 fully saturated rings. The molecule has 0 radical (unpaired) electrons. The van der Waals surface area contributed by atoms with Crippen molar-refractivity contribution in [3.63, 3.8) is 0 Å². The SMILES string of the molecule is C=C(C)C(=O)OC1C(=O)OC(C)(C)C1C(=O)O. The fourth-order valence-corrected chi connectivity index (χ4v) is 1.64. The van der Waals surface area contributed by atoms with Gasteiger partial charge in [-0.1, -0.05) is 6.58 Å². The first-order valence-corrected chi connectivity index (χ1v) is 4.99. The normalized spacial score (nSPS) is 26.2. The Morgan fingerprint density at radius 1 is 1.47 bits per heavy atom. The van der Waals surface area contributed by atoms with Crippen LogP contribution in [-0.2, 0) is 23.9 Å². The molecule has 2 atom stereocenters. The molecule has 0 spiro atoms. The van der Waals surface area contributed by atoms with Gasteiger partial charge in [0.2, 0.25) is 6.10 Å². The average Bonchev–Trinajstić information content (AvgIpc) is 2.35. The predicted molar refractivity (Wildman–Crippen MR) is 56.0 cm³/mol. The zero-order valence-electron chi connectivity index (χ0n) is 9.85. The van der Waals surface area contributed by atoms with Crippen molar-refractivity contribution in [2.45, 2.75) is 32.5 Å². The zero-order chi connectivity index (χ0) is 13.4. The monoisotopic (exact) mass is 242 g/mol. The maximum Gasteiger partial charge on any atom is 0.349 e. The maximum atomic E-state index is 11.5. The largest absolute Gasteiger partial charge is 0.481 e. The second-order valence-corrected chi connectivity index (χ2v) is 4.45. The number of carboxylic acid groups (broad SMARTS) is 1. The quantitative estimate of drug-likeness (QED) is 0.573. The number of aliphatic carboxylic acids is 1. The lowest BCUT2D eigenvalue weighted by atomic mass is 9.89. The highest BCUT2D eigenvalue weighted by atomic mass is 16.6. The van der Waals surface area contributed by atoms with E-state index in [0.29, 0.717) is 0 Å². The number of carbonyl (C=O) groups is 3. The highest BCUT2D eigenvalue weighted by molar-refractivity contribution is 5.93. The van der Waals surface area contributed by atoms with Gasteiger partial charge in [-0.25, -0.2) is 9.59 Å². The van der Waals surface area contributed by atoms with E-state index in [4.69, 9.17) is 14.6 Å². The molecule has 0 aliphatic carbocycles. The fourth-order valence-electron chi connectivity index (χ4n) is 1.64. The summed E-state index contributed by atoms with van der Waals surface area (Å²) in [5, 5.41) is 9.04. The first-order valence-electron chi connectivity index (χ1n) is 4.99. The molecule has 0 aromatic carbocycles. The Labute approximate surface area is 98.2 Å².